The van der Waals surface area contributed by atoms with Crippen molar-refractivity contribution in [2.75, 3.05) is 0 Å². The number of hydrazone groups is 1. The Bertz CT molecular complexity index is 724. The summed E-state index contributed by atoms with van der Waals surface area (Å²) in [4.78, 5) is 15.9. The van der Waals surface area contributed by atoms with Crippen LogP contribution in [-0.2, 0) is 9.53 Å². The van der Waals surface area contributed by atoms with Crippen LogP contribution < -0.4 is 0 Å². The van der Waals surface area contributed by atoms with E-state index in [-0.39, 0.29) is 5.91 Å². The third-order valence-electron chi connectivity index (χ3n) is 3.78. The van der Waals surface area contributed by atoms with Gasteiger partial charge in [-0.3, -0.25) is 9.78 Å². The highest BCUT2D eigenvalue weighted by Crippen LogP contribution is 2.30. The minimum atomic E-state index is -0.531. The molecule has 1 aliphatic heterocycles. The molecule has 118 valence electrons. The Balaban J connectivity index is 1.89. The van der Waals surface area contributed by atoms with Crippen LogP contribution in [0.15, 0.2) is 53.9 Å². The predicted molar refractivity (Wildman–Crippen MR) is 87.7 cm³/mol. The second-order valence-corrected chi connectivity index (χ2v) is 5.80. The van der Waals surface area contributed by atoms with Crippen molar-refractivity contribution in [2.24, 2.45) is 5.10 Å². The number of hydrogen-bond acceptors (Lipinski definition) is 4. The minimum absolute atomic E-state index is 0.160. The van der Waals surface area contributed by atoms with E-state index in [0.717, 1.165) is 11.1 Å². The molecule has 0 bridgehead atoms. The van der Waals surface area contributed by atoms with E-state index >= 15 is 0 Å². The zero-order valence-electron chi connectivity index (χ0n) is 13.4. The fraction of sp³-hybridized carbons (Fsp3) is 0.278. The molecule has 0 spiro atoms. The Morgan fingerprint density at radius 2 is 1.78 bits per heavy atom. The predicted octanol–water partition coefficient (Wildman–Crippen LogP) is 3.44. The van der Waals surface area contributed by atoms with Crippen LogP contribution >= 0.6 is 0 Å². The summed E-state index contributed by atoms with van der Waals surface area (Å²) in [6.07, 6.45) is 2.81. The molecule has 1 amide bonds. The van der Waals surface area contributed by atoms with Crippen LogP contribution in [0.25, 0.3) is 0 Å². The first kappa shape index (κ1) is 15.2. The van der Waals surface area contributed by atoms with E-state index in [0.29, 0.717) is 11.8 Å². The van der Waals surface area contributed by atoms with Gasteiger partial charge < -0.3 is 4.74 Å². The molecule has 3 rings (SSSR count). The molecule has 5 heteroatoms. The van der Waals surface area contributed by atoms with Crippen molar-refractivity contribution in [1.82, 2.24) is 9.99 Å². The van der Waals surface area contributed by atoms with Crippen molar-refractivity contribution in [1.29, 1.82) is 0 Å². The number of pyridine rings is 1. The summed E-state index contributed by atoms with van der Waals surface area (Å²) >= 11 is 0. The van der Waals surface area contributed by atoms with Gasteiger partial charge in [0.05, 0.1) is 0 Å². The summed E-state index contributed by atoms with van der Waals surface area (Å²) in [5, 5.41) is 5.70. The van der Waals surface area contributed by atoms with Crippen molar-refractivity contribution in [2.45, 2.75) is 32.9 Å². The molecular weight excluding hydrogens is 290 g/mol. The Kier molecular flexibility index (Phi) is 4.10. The summed E-state index contributed by atoms with van der Waals surface area (Å²) < 4.78 is 5.94. The van der Waals surface area contributed by atoms with Crippen molar-refractivity contribution < 1.29 is 9.53 Å². The van der Waals surface area contributed by atoms with Gasteiger partial charge >= 0.3 is 0 Å². The number of carbonyl (C=O) groups is 1. The SMILES string of the molecule is CC(=O)N1N=C(c2ccncc2)O[C@@H]1c1ccc(C(C)C)cc1. The lowest BCUT2D eigenvalue weighted by Crippen LogP contribution is -2.25. The lowest BCUT2D eigenvalue weighted by atomic mass is 10.0. The van der Waals surface area contributed by atoms with E-state index < -0.39 is 6.23 Å². The largest absolute Gasteiger partial charge is 0.446 e. The molecule has 0 N–H and O–H groups in total. The van der Waals surface area contributed by atoms with Crippen LogP contribution in [0.3, 0.4) is 0 Å². The number of carbonyl (C=O) groups excluding carboxylic acids is 1. The van der Waals surface area contributed by atoms with Crippen LogP contribution in [0.1, 0.15) is 49.6 Å². The fourth-order valence-electron chi connectivity index (χ4n) is 2.44. The Morgan fingerprint density at radius 3 is 2.35 bits per heavy atom. The highest BCUT2D eigenvalue weighted by atomic mass is 16.5. The molecule has 2 aromatic rings. The molecule has 0 unspecified atom stereocenters. The van der Waals surface area contributed by atoms with Crippen molar-refractivity contribution in [3.63, 3.8) is 0 Å². The molecule has 0 fully saturated rings. The monoisotopic (exact) mass is 309 g/mol. The Morgan fingerprint density at radius 1 is 1.13 bits per heavy atom. The average Bonchev–Trinajstić information content (AvgIpc) is 3.01. The molecule has 0 saturated heterocycles. The van der Waals surface area contributed by atoms with Crippen LogP contribution in [0.4, 0.5) is 0 Å². The third kappa shape index (κ3) is 3.08. The van der Waals surface area contributed by atoms with Gasteiger partial charge in [0, 0.05) is 30.4 Å². The van der Waals surface area contributed by atoms with Gasteiger partial charge in [-0.15, -0.1) is 5.10 Å². The molecule has 0 saturated carbocycles. The smallest absolute Gasteiger partial charge is 0.243 e. The molecule has 0 aliphatic carbocycles. The van der Waals surface area contributed by atoms with Gasteiger partial charge in [0.2, 0.25) is 18.0 Å². The van der Waals surface area contributed by atoms with E-state index in [1.165, 1.54) is 17.5 Å². The summed E-state index contributed by atoms with van der Waals surface area (Å²) in [6, 6.07) is 11.7. The molecule has 1 atom stereocenters. The van der Waals surface area contributed by atoms with E-state index in [4.69, 9.17) is 4.74 Å². The van der Waals surface area contributed by atoms with E-state index in [9.17, 15) is 4.79 Å². The molecule has 5 nitrogen and oxygen atoms in total. The quantitative estimate of drug-likeness (QED) is 0.872. The van der Waals surface area contributed by atoms with Gasteiger partial charge in [0.25, 0.3) is 0 Å². The van der Waals surface area contributed by atoms with Gasteiger partial charge in [-0.2, -0.15) is 5.01 Å². The number of amides is 1. The van der Waals surface area contributed by atoms with Crippen LogP contribution in [0, 0.1) is 0 Å². The van der Waals surface area contributed by atoms with Crippen molar-refractivity contribution in [3.8, 4) is 0 Å². The number of rotatable bonds is 3. The maximum absolute atomic E-state index is 11.9. The Labute approximate surface area is 135 Å². The topological polar surface area (TPSA) is 54.8 Å². The fourth-order valence-corrected chi connectivity index (χ4v) is 2.44. The molecule has 2 heterocycles. The molecule has 0 radical (unpaired) electrons. The second kappa shape index (κ2) is 6.20. The summed E-state index contributed by atoms with van der Waals surface area (Å²) in [7, 11) is 0. The number of benzene rings is 1. The standard InChI is InChI=1S/C18H19N3O2/c1-12(2)14-4-6-16(7-5-14)18-21(13(3)22)20-17(23-18)15-8-10-19-11-9-15/h4-12,18H,1-3H3/t18-/m1/s1. The highest BCUT2D eigenvalue weighted by Gasteiger charge is 2.32. The van der Waals surface area contributed by atoms with Crippen LogP contribution in [0.5, 0.6) is 0 Å². The van der Waals surface area contributed by atoms with Crippen LogP contribution in [-0.4, -0.2) is 21.8 Å². The number of nitrogens with zero attached hydrogens (tertiary/aromatic N) is 3. The van der Waals surface area contributed by atoms with Gasteiger partial charge in [-0.1, -0.05) is 38.1 Å². The first-order chi connectivity index (χ1) is 11.1. The summed E-state index contributed by atoms with van der Waals surface area (Å²) in [5.74, 6) is 0.730. The summed E-state index contributed by atoms with van der Waals surface area (Å²) in [6.45, 7) is 5.78. The van der Waals surface area contributed by atoms with E-state index in [1.54, 1.807) is 24.5 Å². The maximum Gasteiger partial charge on any atom is 0.243 e. The molecule has 1 aliphatic rings. The third-order valence-corrected chi connectivity index (χ3v) is 3.78. The number of ether oxygens (including phenoxy) is 1. The van der Waals surface area contributed by atoms with Gasteiger partial charge in [-0.25, -0.2) is 0 Å². The van der Waals surface area contributed by atoms with Crippen molar-refractivity contribution in [3.05, 3.63) is 65.5 Å². The summed E-state index contributed by atoms with van der Waals surface area (Å²) in [5.41, 5.74) is 2.95. The zero-order valence-corrected chi connectivity index (χ0v) is 13.4. The van der Waals surface area contributed by atoms with Gasteiger partial charge in [0.15, 0.2) is 0 Å². The first-order valence-corrected chi connectivity index (χ1v) is 7.61. The minimum Gasteiger partial charge on any atom is -0.446 e. The van der Waals surface area contributed by atoms with E-state index in [1.807, 2.05) is 12.1 Å². The normalized spacial score (nSPS) is 17.1. The van der Waals surface area contributed by atoms with Gasteiger partial charge in [0.1, 0.15) is 0 Å². The van der Waals surface area contributed by atoms with Crippen molar-refractivity contribution >= 4 is 11.8 Å². The highest BCUT2D eigenvalue weighted by molar-refractivity contribution is 5.96. The molecule has 1 aromatic heterocycles. The van der Waals surface area contributed by atoms with Crippen LogP contribution in [0.2, 0.25) is 0 Å². The molecule has 23 heavy (non-hydrogen) atoms. The molecule has 1 aromatic carbocycles. The first-order valence-electron chi connectivity index (χ1n) is 7.61. The average molecular weight is 309 g/mol. The Hall–Kier alpha value is -2.69. The van der Waals surface area contributed by atoms with Gasteiger partial charge in [-0.05, 0) is 23.6 Å². The number of hydrogen-bond donors (Lipinski definition) is 0. The molecular formula is C18H19N3O2. The lowest BCUT2D eigenvalue weighted by Gasteiger charge is -2.19. The zero-order chi connectivity index (χ0) is 16.4. The number of aromatic nitrogens is 1. The lowest BCUT2D eigenvalue weighted by molar-refractivity contribution is -0.135. The van der Waals surface area contributed by atoms with E-state index in [2.05, 4.69) is 36.1 Å². The maximum atomic E-state index is 11.9. The second-order valence-electron chi connectivity index (χ2n) is 5.80.